The summed E-state index contributed by atoms with van der Waals surface area (Å²) in [5.41, 5.74) is 4.83. The smallest absolute Gasteiger partial charge is 0.0744 e. The third kappa shape index (κ3) is 6.05. The van der Waals surface area contributed by atoms with Gasteiger partial charge in [-0.2, -0.15) is 0 Å². The van der Waals surface area contributed by atoms with Crippen LogP contribution in [0.3, 0.4) is 0 Å². The average molecular weight is 187 g/mol. The molecule has 0 heterocycles. The maximum Gasteiger partial charge on any atom is 0.0744 e. The second kappa shape index (κ2) is 6.39. The van der Waals surface area contributed by atoms with Gasteiger partial charge in [0, 0.05) is 6.54 Å². The van der Waals surface area contributed by atoms with Crippen molar-refractivity contribution in [3.05, 3.63) is 0 Å². The van der Waals surface area contributed by atoms with Gasteiger partial charge in [0.2, 0.25) is 0 Å². The molecule has 0 amide bonds. The first-order valence-corrected chi connectivity index (χ1v) is 5.48. The van der Waals surface area contributed by atoms with E-state index in [0.29, 0.717) is 12.5 Å². The third-order valence-electron chi connectivity index (χ3n) is 2.71. The van der Waals surface area contributed by atoms with Crippen LogP contribution >= 0.6 is 0 Å². The van der Waals surface area contributed by atoms with Gasteiger partial charge in [0.05, 0.1) is 5.60 Å². The summed E-state index contributed by atoms with van der Waals surface area (Å²) >= 11 is 0. The Hall–Kier alpha value is -0.0800. The van der Waals surface area contributed by atoms with Gasteiger partial charge in [-0.1, -0.05) is 39.5 Å². The highest BCUT2D eigenvalue weighted by atomic mass is 16.3. The van der Waals surface area contributed by atoms with Crippen LogP contribution in [-0.4, -0.2) is 17.3 Å². The lowest BCUT2D eigenvalue weighted by molar-refractivity contribution is 0.0398. The van der Waals surface area contributed by atoms with E-state index >= 15 is 0 Å². The Labute approximate surface area is 82.5 Å². The van der Waals surface area contributed by atoms with Crippen LogP contribution in [0.15, 0.2) is 0 Å². The zero-order valence-electron chi connectivity index (χ0n) is 9.34. The Bertz CT molecular complexity index is 123. The van der Waals surface area contributed by atoms with Crippen molar-refractivity contribution in [1.29, 1.82) is 0 Å². The second-order valence-electron chi connectivity index (χ2n) is 4.32. The van der Waals surface area contributed by atoms with Crippen LogP contribution in [0, 0.1) is 5.92 Å². The first-order chi connectivity index (χ1) is 6.05. The fourth-order valence-corrected chi connectivity index (χ4v) is 1.65. The molecule has 0 radical (unpaired) electrons. The maximum absolute atomic E-state index is 9.80. The summed E-state index contributed by atoms with van der Waals surface area (Å²) < 4.78 is 0. The number of hydrogen-bond acceptors (Lipinski definition) is 2. The van der Waals surface area contributed by atoms with Crippen molar-refractivity contribution in [1.82, 2.24) is 0 Å². The molecule has 0 aromatic heterocycles. The molecule has 80 valence electrons. The molecule has 0 fully saturated rings. The SMILES string of the molecule is CCCCC(CC)CC(C)(O)CN. The fraction of sp³-hybridized carbons (Fsp3) is 1.00. The number of hydrogen-bond donors (Lipinski definition) is 2. The van der Waals surface area contributed by atoms with E-state index in [-0.39, 0.29) is 0 Å². The van der Waals surface area contributed by atoms with Gasteiger partial charge < -0.3 is 10.8 Å². The van der Waals surface area contributed by atoms with Crippen LogP contribution in [-0.2, 0) is 0 Å². The summed E-state index contributed by atoms with van der Waals surface area (Å²) in [5.74, 6) is 0.637. The number of rotatable bonds is 7. The topological polar surface area (TPSA) is 46.2 Å². The average Bonchev–Trinajstić information content (AvgIpc) is 2.12. The molecular formula is C11H25NO. The van der Waals surface area contributed by atoms with Gasteiger partial charge in [-0.25, -0.2) is 0 Å². The monoisotopic (exact) mass is 187 g/mol. The zero-order chi connectivity index (χ0) is 10.3. The van der Waals surface area contributed by atoms with Crippen LogP contribution in [0.2, 0.25) is 0 Å². The van der Waals surface area contributed by atoms with E-state index in [0.717, 1.165) is 12.8 Å². The normalized spacial score (nSPS) is 18.2. The highest BCUT2D eigenvalue weighted by Gasteiger charge is 2.22. The van der Waals surface area contributed by atoms with Crippen LogP contribution < -0.4 is 5.73 Å². The lowest BCUT2D eigenvalue weighted by Gasteiger charge is -2.26. The molecule has 0 aliphatic carbocycles. The molecular weight excluding hydrogens is 162 g/mol. The molecule has 0 aliphatic heterocycles. The van der Waals surface area contributed by atoms with E-state index in [9.17, 15) is 5.11 Å². The highest BCUT2D eigenvalue weighted by Crippen LogP contribution is 2.23. The summed E-state index contributed by atoms with van der Waals surface area (Å²) in [7, 11) is 0. The number of unbranched alkanes of at least 4 members (excludes halogenated alkanes) is 1. The maximum atomic E-state index is 9.80. The summed E-state index contributed by atoms with van der Waals surface area (Å²) in [6.07, 6.45) is 5.72. The molecule has 0 saturated heterocycles. The van der Waals surface area contributed by atoms with Gasteiger partial charge in [-0.3, -0.25) is 0 Å². The number of aliphatic hydroxyl groups is 1. The van der Waals surface area contributed by atoms with Crippen molar-refractivity contribution in [2.45, 2.75) is 58.5 Å². The molecule has 0 spiro atoms. The first-order valence-electron chi connectivity index (χ1n) is 5.48. The third-order valence-corrected chi connectivity index (χ3v) is 2.71. The molecule has 2 nitrogen and oxygen atoms in total. The van der Waals surface area contributed by atoms with E-state index in [1.165, 1.54) is 19.3 Å². The Morgan fingerprint density at radius 3 is 2.38 bits per heavy atom. The number of nitrogens with two attached hydrogens (primary N) is 1. The Kier molecular flexibility index (Phi) is 6.35. The molecule has 0 aromatic rings. The Morgan fingerprint density at radius 2 is 2.00 bits per heavy atom. The van der Waals surface area contributed by atoms with Gasteiger partial charge >= 0.3 is 0 Å². The first kappa shape index (κ1) is 12.9. The van der Waals surface area contributed by atoms with Gasteiger partial charge in [0.25, 0.3) is 0 Å². The van der Waals surface area contributed by atoms with Gasteiger partial charge in [-0.15, -0.1) is 0 Å². The Balaban J connectivity index is 3.82. The minimum absolute atomic E-state index is 0.371. The van der Waals surface area contributed by atoms with E-state index < -0.39 is 5.60 Å². The largest absolute Gasteiger partial charge is 0.389 e. The van der Waals surface area contributed by atoms with Crippen molar-refractivity contribution in [2.24, 2.45) is 11.7 Å². The van der Waals surface area contributed by atoms with Crippen LogP contribution in [0.1, 0.15) is 52.9 Å². The minimum Gasteiger partial charge on any atom is -0.389 e. The molecule has 2 unspecified atom stereocenters. The van der Waals surface area contributed by atoms with Crippen molar-refractivity contribution < 1.29 is 5.11 Å². The molecule has 3 N–H and O–H groups in total. The zero-order valence-corrected chi connectivity index (χ0v) is 9.34. The molecule has 0 bridgehead atoms. The standard InChI is InChI=1S/C11H25NO/c1-4-6-7-10(5-2)8-11(3,13)9-12/h10,13H,4-9,12H2,1-3H3. The fourth-order valence-electron chi connectivity index (χ4n) is 1.65. The van der Waals surface area contributed by atoms with E-state index in [1.807, 2.05) is 6.92 Å². The summed E-state index contributed by atoms with van der Waals surface area (Å²) in [5, 5.41) is 9.80. The van der Waals surface area contributed by atoms with E-state index in [4.69, 9.17) is 5.73 Å². The molecule has 2 heteroatoms. The summed E-state index contributed by atoms with van der Waals surface area (Å²) in [6.45, 7) is 6.60. The van der Waals surface area contributed by atoms with Crippen molar-refractivity contribution >= 4 is 0 Å². The van der Waals surface area contributed by atoms with Gasteiger partial charge in [-0.05, 0) is 19.3 Å². The molecule has 13 heavy (non-hydrogen) atoms. The van der Waals surface area contributed by atoms with Crippen molar-refractivity contribution in [3.8, 4) is 0 Å². The van der Waals surface area contributed by atoms with Crippen LogP contribution in [0.5, 0.6) is 0 Å². The lowest BCUT2D eigenvalue weighted by Crippen LogP contribution is -2.36. The molecule has 0 rings (SSSR count). The van der Waals surface area contributed by atoms with Gasteiger partial charge in [0.1, 0.15) is 0 Å². The quantitative estimate of drug-likeness (QED) is 0.642. The predicted molar refractivity (Wildman–Crippen MR) is 57.6 cm³/mol. The summed E-state index contributed by atoms with van der Waals surface area (Å²) in [6, 6.07) is 0. The summed E-state index contributed by atoms with van der Waals surface area (Å²) in [4.78, 5) is 0. The molecule has 2 atom stereocenters. The van der Waals surface area contributed by atoms with Crippen LogP contribution in [0.25, 0.3) is 0 Å². The van der Waals surface area contributed by atoms with E-state index in [2.05, 4.69) is 13.8 Å². The second-order valence-corrected chi connectivity index (χ2v) is 4.32. The van der Waals surface area contributed by atoms with Gasteiger partial charge in [0.15, 0.2) is 0 Å². The Morgan fingerprint density at radius 1 is 1.38 bits per heavy atom. The van der Waals surface area contributed by atoms with Crippen LogP contribution in [0.4, 0.5) is 0 Å². The minimum atomic E-state index is -0.658. The molecule has 0 aromatic carbocycles. The highest BCUT2D eigenvalue weighted by molar-refractivity contribution is 4.77. The molecule has 0 aliphatic rings. The molecule has 0 saturated carbocycles. The predicted octanol–water partition coefficient (Wildman–Crippen LogP) is 2.30. The van der Waals surface area contributed by atoms with Crippen molar-refractivity contribution in [2.75, 3.05) is 6.54 Å². The van der Waals surface area contributed by atoms with Crippen molar-refractivity contribution in [3.63, 3.8) is 0 Å². The van der Waals surface area contributed by atoms with E-state index in [1.54, 1.807) is 0 Å². The lowest BCUT2D eigenvalue weighted by atomic mass is 9.87.